The second kappa shape index (κ2) is 9.73. The Balaban J connectivity index is 1.69. The fourth-order valence-corrected chi connectivity index (χ4v) is 4.40. The van der Waals surface area contributed by atoms with Crippen LogP contribution in [-0.4, -0.2) is 49.5 Å². The van der Waals surface area contributed by atoms with Gasteiger partial charge in [0.25, 0.3) is 5.91 Å². The standard InChI is InChI=1S/C26H27N3O4/c1-29-24(18-8-9-21(32-2)22(16-18)33-3)23(19-6-4-5-7-20(19)26(29)31)25(30)28-15-12-17-10-13-27-14-11-17/h4-11,13-14,16,23-24H,12,15H2,1-3H3,(H,28,30)/t23-,24+/m1/s1. The average molecular weight is 446 g/mol. The Bertz CT molecular complexity index is 1150. The van der Waals surface area contributed by atoms with E-state index in [2.05, 4.69) is 10.3 Å². The molecule has 0 fully saturated rings. The third-order valence-electron chi connectivity index (χ3n) is 6.07. The fourth-order valence-electron chi connectivity index (χ4n) is 4.40. The van der Waals surface area contributed by atoms with Crippen LogP contribution in [0.15, 0.2) is 67.0 Å². The fraction of sp³-hybridized carbons (Fsp3) is 0.269. The van der Waals surface area contributed by atoms with E-state index in [9.17, 15) is 9.59 Å². The number of carbonyl (C=O) groups is 2. The van der Waals surface area contributed by atoms with Crippen molar-refractivity contribution in [1.29, 1.82) is 0 Å². The number of aromatic nitrogens is 1. The molecule has 0 aliphatic carbocycles. The second-order valence-electron chi connectivity index (χ2n) is 7.94. The van der Waals surface area contributed by atoms with Gasteiger partial charge in [0.1, 0.15) is 0 Å². The van der Waals surface area contributed by atoms with Gasteiger partial charge in [0.15, 0.2) is 11.5 Å². The molecule has 1 aliphatic rings. The van der Waals surface area contributed by atoms with Gasteiger partial charge in [0, 0.05) is 31.5 Å². The van der Waals surface area contributed by atoms with Crippen molar-refractivity contribution in [3.63, 3.8) is 0 Å². The number of hydrogen-bond acceptors (Lipinski definition) is 5. The van der Waals surface area contributed by atoms with Crippen LogP contribution in [-0.2, 0) is 11.2 Å². The topological polar surface area (TPSA) is 80.8 Å². The predicted molar refractivity (Wildman–Crippen MR) is 125 cm³/mol. The molecule has 4 rings (SSSR count). The van der Waals surface area contributed by atoms with E-state index >= 15 is 0 Å². The lowest BCUT2D eigenvalue weighted by atomic mass is 9.79. The summed E-state index contributed by atoms with van der Waals surface area (Å²) in [5, 5.41) is 3.07. The molecule has 3 aromatic rings. The molecule has 33 heavy (non-hydrogen) atoms. The quantitative estimate of drug-likeness (QED) is 0.603. The molecular formula is C26H27N3O4. The average Bonchev–Trinajstić information content (AvgIpc) is 2.86. The number of pyridine rings is 1. The number of hydrogen-bond donors (Lipinski definition) is 1. The highest BCUT2D eigenvalue weighted by Crippen LogP contribution is 2.43. The number of benzene rings is 2. The molecule has 0 saturated heterocycles. The van der Waals surface area contributed by atoms with Crippen molar-refractivity contribution >= 4 is 11.8 Å². The van der Waals surface area contributed by atoms with Crippen LogP contribution in [0.1, 0.15) is 39.0 Å². The van der Waals surface area contributed by atoms with Gasteiger partial charge in [0.2, 0.25) is 5.91 Å². The lowest BCUT2D eigenvalue weighted by Crippen LogP contribution is -2.46. The number of methoxy groups -OCH3 is 2. The zero-order chi connectivity index (χ0) is 23.4. The van der Waals surface area contributed by atoms with Crippen molar-refractivity contribution in [3.8, 4) is 11.5 Å². The smallest absolute Gasteiger partial charge is 0.254 e. The minimum absolute atomic E-state index is 0.119. The zero-order valence-corrected chi connectivity index (χ0v) is 18.9. The van der Waals surface area contributed by atoms with Crippen molar-refractivity contribution in [1.82, 2.24) is 15.2 Å². The normalized spacial score (nSPS) is 17.3. The van der Waals surface area contributed by atoms with Crippen molar-refractivity contribution in [2.45, 2.75) is 18.4 Å². The number of fused-ring (bicyclic) bond motifs is 1. The minimum Gasteiger partial charge on any atom is -0.493 e. The maximum absolute atomic E-state index is 13.5. The van der Waals surface area contributed by atoms with Crippen LogP contribution in [0.5, 0.6) is 11.5 Å². The predicted octanol–water partition coefficient (Wildman–Crippen LogP) is 3.37. The Morgan fingerprint density at radius 1 is 1.03 bits per heavy atom. The Morgan fingerprint density at radius 3 is 2.48 bits per heavy atom. The Kier molecular flexibility index (Phi) is 6.58. The van der Waals surface area contributed by atoms with Gasteiger partial charge in [0.05, 0.1) is 26.2 Å². The van der Waals surface area contributed by atoms with Gasteiger partial charge in [-0.05, 0) is 53.4 Å². The lowest BCUT2D eigenvalue weighted by Gasteiger charge is -2.40. The molecule has 7 nitrogen and oxygen atoms in total. The van der Waals surface area contributed by atoms with E-state index in [1.807, 2.05) is 42.5 Å². The molecule has 0 spiro atoms. The number of amides is 2. The lowest BCUT2D eigenvalue weighted by molar-refractivity contribution is -0.124. The number of nitrogens with zero attached hydrogens (tertiary/aromatic N) is 2. The number of rotatable bonds is 7. The Morgan fingerprint density at radius 2 is 1.76 bits per heavy atom. The van der Waals surface area contributed by atoms with E-state index < -0.39 is 12.0 Å². The summed E-state index contributed by atoms with van der Waals surface area (Å²) in [6.45, 7) is 0.484. The van der Waals surface area contributed by atoms with Gasteiger partial charge in [-0.15, -0.1) is 0 Å². The van der Waals surface area contributed by atoms with Crippen molar-refractivity contribution in [2.24, 2.45) is 0 Å². The Labute approximate surface area is 193 Å². The first-order valence-electron chi connectivity index (χ1n) is 10.8. The first kappa shape index (κ1) is 22.3. The molecule has 1 aromatic heterocycles. The van der Waals surface area contributed by atoms with E-state index in [0.717, 1.165) is 16.7 Å². The van der Waals surface area contributed by atoms with E-state index in [0.29, 0.717) is 30.0 Å². The van der Waals surface area contributed by atoms with Crippen LogP contribution in [0.4, 0.5) is 0 Å². The first-order valence-corrected chi connectivity index (χ1v) is 10.8. The molecule has 0 radical (unpaired) electrons. The molecule has 2 amide bonds. The first-order chi connectivity index (χ1) is 16.0. The highest BCUT2D eigenvalue weighted by atomic mass is 16.5. The molecule has 0 unspecified atom stereocenters. The number of likely N-dealkylation sites (N-methyl/N-ethyl adjacent to an activating group) is 1. The van der Waals surface area contributed by atoms with E-state index in [-0.39, 0.29) is 11.8 Å². The van der Waals surface area contributed by atoms with Gasteiger partial charge < -0.3 is 19.7 Å². The van der Waals surface area contributed by atoms with Crippen LogP contribution >= 0.6 is 0 Å². The zero-order valence-electron chi connectivity index (χ0n) is 18.9. The summed E-state index contributed by atoms with van der Waals surface area (Å²) in [7, 11) is 4.87. The van der Waals surface area contributed by atoms with Crippen LogP contribution in [0, 0.1) is 0 Å². The monoisotopic (exact) mass is 445 g/mol. The van der Waals surface area contributed by atoms with Crippen LogP contribution < -0.4 is 14.8 Å². The van der Waals surface area contributed by atoms with Gasteiger partial charge in [-0.2, -0.15) is 0 Å². The summed E-state index contributed by atoms with van der Waals surface area (Å²) in [5.41, 5.74) is 3.16. The summed E-state index contributed by atoms with van der Waals surface area (Å²) < 4.78 is 10.8. The van der Waals surface area contributed by atoms with E-state index in [1.165, 1.54) is 0 Å². The Hall–Kier alpha value is -3.87. The largest absolute Gasteiger partial charge is 0.493 e. The van der Waals surface area contributed by atoms with Crippen LogP contribution in [0.25, 0.3) is 0 Å². The van der Waals surface area contributed by atoms with Gasteiger partial charge in [-0.25, -0.2) is 0 Å². The summed E-state index contributed by atoms with van der Waals surface area (Å²) in [6, 6.07) is 16.2. The molecule has 2 atom stereocenters. The van der Waals surface area contributed by atoms with Crippen LogP contribution in [0.2, 0.25) is 0 Å². The molecule has 7 heteroatoms. The molecule has 2 aromatic carbocycles. The number of ether oxygens (including phenoxy) is 2. The van der Waals surface area contributed by atoms with Crippen molar-refractivity contribution < 1.29 is 19.1 Å². The molecular weight excluding hydrogens is 418 g/mol. The highest BCUT2D eigenvalue weighted by molar-refractivity contribution is 6.01. The maximum Gasteiger partial charge on any atom is 0.254 e. The highest BCUT2D eigenvalue weighted by Gasteiger charge is 2.42. The van der Waals surface area contributed by atoms with E-state index in [4.69, 9.17) is 9.47 Å². The number of carbonyl (C=O) groups excluding carboxylic acids is 2. The van der Waals surface area contributed by atoms with Gasteiger partial charge in [-0.1, -0.05) is 24.3 Å². The van der Waals surface area contributed by atoms with Crippen molar-refractivity contribution in [3.05, 3.63) is 89.2 Å². The summed E-state index contributed by atoms with van der Waals surface area (Å²) >= 11 is 0. The molecule has 1 N–H and O–H groups in total. The SMILES string of the molecule is COc1ccc([C@H]2[C@H](C(=O)NCCc3ccncc3)c3ccccc3C(=O)N2C)cc1OC. The summed E-state index contributed by atoms with van der Waals surface area (Å²) in [6.07, 6.45) is 4.17. The maximum atomic E-state index is 13.5. The number of nitrogens with one attached hydrogen (secondary N) is 1. The van der Waals surface area contributed by atoms with Crippen LogP contribution in [0.3, 0.4) is 0 Å². The second-order valence-corrected chi connectivity index (χ2v) is 7.94. The summed E-state index contributed by atoms with van der Waals surface area (Å²) in [5.74, 6) is 0.317. The molecule has 0 saturated carbocycles. The molecule has 0 bridgehead atoms. The summed E-state index contributed by atoms with van der Waals surface area (Å²) in [4.78, 5) is 32.4. The molecule has 170 valence electrons. The minimum atomic E-state index is -0.570. The third kappa shape index (κ3) is 4.39. The third-order valence-corrected chi connectivity index (χ3v) is 6.07. The molecule has 1 aliphatic heterocycles. The molecule has 2 heterocycles. The van der Waals surface area contributed by atoms with Gasteiger partial charge in [-0.3, -0.25) is 14.6 Å². The van der Waals surface area contributed by atoms with E-state index in [1.54, 1.807) is 50.7 Å². The van der Waals surface area contributed by atoms with Crippen molar-refractivity contribution in [2.75, 3.05) is 27.8 Å². The van der Waals surface area contributed by atoms with Gasteiger partial charge >= 0.3 is 0 Å².